The van der Waals surface area contributed by atoms with E-state index in [1.165, 1.54) is 19.3 Å². The molecule has 0 bridgehead atoms. The van der Waals surface area contributed by atoms with Crippen molar-refractivity contribution >= 4 is 11.0 Å². The zero-order valence-electron chi connectivity index (χ0n) is 8.57. The third kappa shape index (κ3) is 1.35. The average molecular weight is 202 g/mol. The fraction of sp³-hybridized carbons (Fsp3) is 0.417. The molecule has 0 amide bonds. The topological polar surface area (TPSA) is 52.0 Å². The van der Waals surface area contributed by atoms with Gasteiger partial charge in [0, 0.05) is 17.8 Å². The summed E-state index contributed by atoms with van der Waals surface area (Å²) in [7, 11) is 0. The van der Waals surface area contributed by atoms with Crippen LogP contribution in [0.1, 0.15) is 36.4 Å². The van der Waals surface area contributed by atoms with Crippen molar-refractivity contribution in [2.75, 3.05) is 0 Å². The SMILES string of the molecule is NCc1ccc2c(C3CCC3)noc2c1. The molecule has 0 spiro atoms. The van der Waals surface area contributed by atoms with Crippen molar-refractivity contribution < 1.29 is 4.52 Å². The van der Waals surface area contributed by atoms with E-state index in [0.717, 1.165) is 22.2 Å². The molecule has 2 aromatic rings. The van der Waals surface area contributed by atoms with E-state index in [9.17, 15) is 0 Å². The van der Waals surface area contributed by atoms with Crippen LogP contribution in [0.4, 0.5) is 0 Å². The summed E-state index contributed by atoms with van der Waals surface area (Å²) < 4.78 is 5.34. The molecular weight excluding hydrogens is 188 g/mol. The monoisotopic (exact) mass is 202 g/mol. The highest BCUT2D eigenvalue weighted by molar-refractivity contribution is 5.80. The van der Waals surface area contributed by atoms with Crippen LogP contribution in [0.3, 0.4) is 0 Å². The molecule has 78 valence electrons. The number of hydrogen-bond acceptors (Lipinski definition) is 3. The Balaban J connectivity index is 2.09. The average Bonchev–Trinajstić information content (AvgIpc) is 2.59. The van der Waals surface area contributed by atoms with Gasteiger partial charge in [0.2, 0.25) is 0 Å². The number of benzene rings is 1. The molecule has 0 saturated heterocycles. The molecule has 3 heteroatoms. The molecule has 1 saturated carbocycles. The number of hydrogen-bond donors (Lipinski definition) is 1. The Bertz CT molecular complexity index is 485. The number of rotatable bonds is 2. The molecule has 3 rings (SSSR count). The molecule has 1 aliphatic carbocycles. The van der Waals surface area contributed by atoms with Crippen LogP contribution in [0.15, 0.2) is 22.7 Å². The van der Waals surface area contributed by atoms with Crippen LogP contribution < -0.4 is 5.73 Å². The molecule has 0 radical (unpaired) electrons. The predicted octanol–water partition coefficient (Wildman–Crippen LogP) is 2.55. The number of nitrogens with zero attached hydrogens (tertiary/aromatic N) is 1. The summed E-state index contributed by atoms with van der Waals surface area (Å²) >= 11 is 0. The second kappa shape index (κ2) is 3.35. The van der Waals surface area contributed by atoms with E-state index in [4.69, 9.17) is 10.3 Å². The van der Waals surface area contributed by atoms with E-state index in [-0.39, 0.29) is 0 Å². The Hall–Kier alpha value is -1.35. The molecule has 1 fully saturated rings. The molecule has 1 heterocycles. The summed E-state index contributed by atoms with van der Waals surface area (Å²) in [6.45, 7) is 0.551. The lowest BCUT2D eigenvalue weighted by Gasteiger charge is -2.22. The van der Waals surface area contributed by atoms with Gasteiger partial charge in [0.1, 0.15) is 0 Å². The summed E-state index contributed by atoms with van der Waals surface area (Å²) in [6, 6.07) is 6.13. The maximum atomic E-state index is 5.58. The summed E-state index contributed by atoms with van der Waals surface area (Å²) in [6.07, 6.45) is 3.82. The summed E-state index contributed by atoms with van der Waals surface area (Å²) in [4.78, 5) is 0. The van der Waals surface area contributed by atoms with Crippen LogP contribution in [0.5, 0.6) is 0 Å². The second-order valence-corrected chi connectivity index (χ2v) is 4.23. The molecule has 2 N–H and O–H groups in total. The van der Waals surface area contributed by atoms with Crippen molar-refractivity contribution in [3.05, 3.63) is 29.5 Å². The highest BCUT2D eigenvalue weighted by Crippen LogP contribution is 2.39. The van der Waals surface area contributed by atoms with Gasteiger partial charge in [-0.15, -0.1) is 0 Å². The minimum atomic E-state index is 0.551. The predicted molar refractivity (Wildman–Crippen MR) is 58.5 cm³/mol. The number of nitrogens with two attached hydrogens (primary N) is 1. The normalized spacial score (nSPS) is 16.9. The smallest absolute Gasteiger partial charge is 0.167 e. The van der Waals surface area contributed by atoms with E-state index >= 15 is 0 Å². The van der Waals surface area contributed by atoms with Gasteiger partial charge in [-0.3, -0.25) is 0 Å². The lowest BCUT2D eigenvalue weighted by atomic mass is 9.82. The third-order valence-corrected chi connectivity index (χ3v) is 3.29. The van der Waals surface area contributed by atoms with Gasteiger partial charge >= 0.3 is 0 Å². The molecule has 0 aliphatic heterocycles. The Morgan fingerprint density at radius 3 is 2.93 bits per heavy atom. The first-order valence-corrected chi connectivity index (χ1v) is 5.47. The van der Waals surface area contributed by atoms with Crippen molar-refractivity contribution in [3.63, 3.8) is 0 Å². The quantitative estimate of drug-likeness (QED) is 0.814. The summed E-state index contributed by atoms with van der Waals surface area (Å²) in [5.74, 6) is 0.620. The fourth-order valence-electron chi connectivity index (χ4n) is 2.10. The highest BCUT2D eigenvalue weighted by Gasteiger charge is 2.24. The van der Waals surface area contributed by atoms with Crippen LogP contribution in [-0.4, -0.2) is 5.16 Å². The van der Waals surface area contributed by atoms with Gasteiger partial charge in [-0.1, -0.05) is 17.6 Å². The first-order chi connectivity index (χ1) is 7.38. The second-order valence-electron chi connectivity index (χ2n) is 4.23. The van der Waals surface area contributed by atoms with Crippen LogP contribution >= 0.6 is 0 Å². The molecule has 15 heavy (non-hydrogen) atoms. The number of aromatic nitrogens is 1. The Morgan fingerprint density at radius 1 is 1.40 bits per heavy atom. The van der Waals surface area contributed by atoms with E-state index in [2.05, 4.69) is 17.3 Å². The molecular formula is C12H14N2O. The largest absolute Gasteiger partial charge is 0.356 e. The standard InChI is InChI=1S/C12H14N2O/c13-7-8-4-5-10-11(6-8)15-14-12(10)9-2-1-3-9/h4-6,9H,1-3,7,13H2. The van der Waals surface area contributed by atoms with Crippen molar-refractivity contribution in [1.82, 2.24) is 5.16 Å². The van der Waals surface area contributed by atoms with E-state index in [1.54, 1.807) is 0 Å². The van der Waals surface area contributed by atoms with Gasteiger partial charge in [-0.2, -0.15) is 0 Å². The molecule has 1 aliphatic rings. The zero-order chi connectivity index (χ0) is 10.3. The van der Waals surface area contributed by atoms with Crippen LogP contribution in [0.2, 0.25) is 0 Å². The Kier molecular flexibility index (Phi) is 1.99. The Labute approximate surface area is 88.2 Å². The van der Waals surface area contributed by atoms with Crippen LogP contribution in [0.25, 0.3) is 11.0 Å². The molecule has 0 unspecified atom stereocenters. The van der Waals surface area contributed by atoms with Crippen molar-refractivity contribution in [3.8, 4) is 0 Å². The van der Waals surface area contributed by atoms with Crippen LogP contribution in [0, 0.1) is 0 Å². The minimum Gasteiger partial charge on any atom is -0.356 e. The maximum absolute atomic E-state index is 5.58. The van der Waals surface area contributed by atoms with Crippen LogP contribution in [-0.2, 0) is 6.54 Å². The van der Waals surface area contributed by atoms with Gasteiger partial charge in [0.05, 0.1) is 5.69 Å². The van der Waals surface area contributed by atoms with Crippen molar-refractivity contribution in [1.29, 1.82) is 0 Å². The molecule has 0 atom stereocenters. The van der Waals surface area contributed by atoms with Crippen molar-refractivity contribution in [2.24, 2.45) is 5.73 Å². The molecule has 1 aromatic carbocycles. The zero-order valence-corrected chi connectivity index (χ0v) is 8.57. The van der Waals surface area contributed by atoms with Gasteiger partial charge in [-0.05, 0) is 30.5 Å². The molecule has 3 nitrogen and oxygen atoms in total. The van der Waals surface area contributed by atoms with Gasteiger partial charge in [-0.25, -0.2) is 0 Å². The fourth-order valence-corrected chi connectivity index (χ4v) is 2.10. The lowest BCUT2D eigenvalue weighted by molar-refractivity contribution is 0.375. The summed E-state index contributed by atoms with van der Waals surface area (Å²) in [5.41, 5.74) is 8.69. The first kappa shape index (κ1) is 8.92. The van der Waals surface area contributed by atoms with Gasteiger partial charge < -0.3 is 10.3 Å². The van der Waals surface area contributed by atoms with E-state index in [0.29, 0.717) is 12.5 Å². The highest BCUT2D eigenvalue weighted by atomic mass is 16.5. The molecule has 1 aromatic heterocycles. The van der Waals surface area contributed by atoms with Crippen molar-refractivity contribution in [2.45, 2.75) is 31.7 Å². The third-order valence-electron chi connectivity index (χ3n) is 3.29. The Morgan fingerprint density at radius 2 is 2.27 bits per heavy atom. The maximum Gasteiger partial charge on any atom is 0.167 e. The van der Waals surface area contributed by atoms with Gasteiger partial charge in [0.25, 0.3) is 0 Å². The van der Waals surface area contributed by atoms with Gasteiger partial charge in [0.15, 0.2) is 5.58 Å². The minimum absolute atomic E-state index is 0.551. The first-order valence-electron chi connectivity index (χ1n) is 5.47. The van der Waals surface area contributed by atoms with E-state index in [1.807, 2.05) is 6.07 Å². The lowest BCUT2D eigenvalue weighted by Crippen LogP contribution is -2.09. The summed E-state index contributed by atoms with van der Waals surface area (Å²) in [5, 5.41) is 5.34. The number of fused-ring (bicyclic) bond motifs is 1. The van der Waals surface area contributed by atoms with E-state index < -0.39 is 0 Å².